The Balaban J connectivity index is 1.86. The zero-order chi connectivity index (χ0) is 21.2. The summed E-state index contributed by atoms with van der Waals surface area (Å²) in [5.74, 6) is 1.90. The van der Waals surface area contributed by atoms with Crippen molar-refractivity contribution >= 4 is 23.2 Å². The fraction of sp³-hybridized carbons (Fsp3) is 0.300. The molecule has 0 aromatic heterocycles. The van der Waals surface area contributed by atoms with Crippen LogP contribution in [0.25, 0.3) is 0 Å². The van der Waals surface area contributed by atoms with Gasteiger partial charge in [-0.25, -0.2) is 0 Å². The summed E-state index contributed by atoms with van der Waals surface area (Å²) in [7, 11) is 6.17. The second kappa shape index (κ2) is 11.0. The Kier molecular flexibility index (Phi) is 8.35. The zero-order valence-corrected chi connectivity index (χ0v) is 17.6. The van der Waals surface area contributed by atoms with Gasteiger partial charge in [-0.2, -0.15) is 0 Å². The molecular weight excluding hydrogens is 394 g/mol. The minimum Gasteiger partial charge on any atom is -0.497 e. The topological polar surface area (TPSA) is 90.1 Å². The van der Waals surface area contributed by atoms with Crippen molar-refractivity contribution in [2.45, 2.75) is 13.0 Å². The first-order valence-corrected chi connectivity index (χ1v) is 9.16. The molecule has 0 saturated heterocycles. The highest BCUT2D eigenvalue weighted by molar-refractivity contribution is 7.80. The standard InChI is InChI=1S/C20H25N3O5S/c1-25-15-8-5-13(6-9-15)12-21-20(29)23-22-17(24)11-14-7-10-16(26-2)19(28-4)18(14)27-3/h5-10H,11-12H2,1-4H3,(H,22,24)(H2,21,23,29). The Hall–Kier alpha value is -3.20. The van der Waals surface area contributed by atoms with Crippen LogP contribution in [-0.4, -0.2) is 39.5 Å². The molecule has 0 atom stereocenters. The van der Waals surface area contributed by atoms with Crippen LogP contribution in [0.5, 0.6) is 23.0 Å². The van der Waals surface area contributed by atoms with Crippen LogP contribution in [0.3, 0.4) is 0 Å². The molecule has 9 heteroatoms. The molecule has 0 saturated carbocycles. The summed E-state index contributed by atoms with van der Waals surface area (Å²) in [5.41, 5.74) is 6.92. The number of carbonyl (C=O) groups excluding carboxylic acids is 1. The molecule has 0 aliphatic carbocycles. The Morgan fingerprint density at radius 3 is 2.14 bits per heavy atom. The van der Waals surface area contributed by atoms with Crippen LogP contribution >= 0.6 is 12.2 Å². The number of nitrogens with one attached hydrogen (secondary N) is 3. The van der Waals surface area contributed by atoms with Crippen molar-refractivity contribution in [3.8, 4) is 23.0 Å². The highest BCUT2D eigenvalue weighted by atomic mass is 32.1. The SMILES string of the molecule is COc1ccc(CNC(=S)NNC(=O)Cc2ccc(OC)c(OC)c2OC)cc1. The predicted octanol–water partition coefficient (Wildman–Crippen LogP) is 1.96. The molecule has 0 bridgehead atoms. The number of benzene rings is 2. The normalized spacial score (nSPS) is 9.93. The largest absolute Gasteiger partial charge is 0.497 e. The van der Waals surface area contributed by atoms with E-state index in [1.54, 1.807) is 19.2 Å². The molecule has 0 spiro atoms. The molecule has 1 amide bonds. The fourth-order valence-corrected chi connectivity index (χ4v) is 2.74. The summed E-state index contributed by atoms with van der Waals surface area (Å²) in [6.45, 7) is 0.509. The molecule has 29 heavy (non-hydrogen) atoms. The van der Waals surface area contributed by atoms with Crippen molar-refractivity contribution in [2.24, 2.45) is 0 Å². The summed E-state index contributed by atoms with van der Waals surface area (Å²) < 4.78 is 21.1. The van der Waals surface area contributed by atoms with Crippen LogP contribution < -0.4 is 35.1 Å². The average molecular weight is 420 g/mol. The van der Waals surface area contributed by atoms with Gasteiger partial charge in [0.15, 0.2) is 16.6 Å². The Morgan fingerprint density at radius 2 is 1.55 bits per heavy atom. The first-order valence-electron chi connectivity index (χ1n) is 8.75. The van der Waals surface area contributed by atoms with E-state index in [0.717, 1.165) is 11.3 Å². The Labute approximate surface area is 175 Å². The Morgan fingerprint density at radius 1 is 0.862 bits per heavy atom. The molecule has 156 valence electrons. The molecule has 0 fully saturated rings. The van der Waals surface area contributed by atoms with Crippen molar-refractivity contribution in [1.82, 2.24) is 16.2 Å². The maximum absolute atomic E-state index is 12.3. The second-order valence-electron chi connectivity index (χ2n) is 5.87. The van der Waals surface area contributed by atoms with Gasteiger partial charge in [-0.15, -0.1) is 0 Å². The first kappa shape index (κ1) is 22.1. The van der Waals surface area contributed by atoms with Crippen LogP contribution in [0, 0.1) is 0 Å². The summed E-state index contributed by atoms with van der Waals surface area (Å²) in [6, 6.07) is 11.1. The molecule has 3 N–H and O–H groups in total. The number of rotatable bonds is 8. The van der Waals surface area contributed by atoms with Gasteiger partial charge in [-0.05, 0) is 36.0 Å². The van der Waals surface area contributed by atoms with E-state index in [2.05, 4.69) is 16.2 Å². The van der Waals surface area contributed by atoms with Crippen molar-refractivity contribution in [2.75, 3.05) is 28.4 Å². The van der Waals surface area contributed by atoms with E-state index in [-0.39, 0.29) is 12.3 Å². The van der Waals surface area contributed by atoms with E-state index < -0.39 is 0 Å². The summed E-state index contributed by atoms with van der Waals surface area (Å²) >= 11 is 5.18. The maximum Gasteiger partial charge on any atom is 0.242 e. The lowest BCUT2D eigenvalue weighted by Crippen LogP contribution is -2.47. The molecule has 0 heterocycles. The number of carbonyl (C=O) groups is 1. The van der Waals surface area contributed by atoms with Gasteiger partial charge < -0.3 is 24.3 Å². The molecule has 2 rings (SSSR count). The number of amides is 1. The van der Waals surface area contributed by atoms with Gasteiger partial charge in [0.2, 0.25) is 11.7 Å². The molecule has 2 aromatic rings. The van der Waals surface area contributed by atoms with Crippen molar-refractivity contribution in [3.63, 3.8) is 0 Å². The van der Waals surface area contributed by atoms with E-state index in [0.29, 0.717) is 34.5 Å². The van der Waals surface area contributed by atoms with Crippen molar-refractivity contribution in [1.29, 1.82) is 0 Å². The molecule has 8 nitrogen and oxygen atoms in total. The lowest BCUT2D eigenvalue weighted by molar-refractivity contribution is -0.121. The average Bonchev–Trinajstić information content (AvgIpc) is 2.76. The summed E-state index contributed by atoms with van der Waals surface area (Å²) in [5, 5.41) is 3.31. The molecule has 0 aliphatic rings. The highest BCUT2D eigenvalue weighted by Crippen LogP contribution is 2.39. The first-order chi connectivity index (χ1) is 14.0. The van der Waals surface area contributed by atoms with Gasteiger partial charge in [0, 0.05) is 12.1 Å². The Bertz CT molecular complexity index is 843. The molecule has 0 radical (unpaired) electrons. The van der Waals surface area contributed by atoms with Gasteiger partial charge >= 0.3 is 0 Å². The van der Waals surface area contributed by atoms with Crippen LogP contribution in [0.1, 0.15) is 11.1 Å². The van der Waals surface area contributed by atoms with Crippen LogP contribution in [-0.2, 0) is 17.8 Å². The third kappa shape index (κ3) is 6.15. The number of hydrogen-bond donors (Lipinski definition) is 3. The van der Waals surface area contributed by atoms with Gasteiger partial charge in [-0.1, -0.05) is 18.2 Å². The highest BCUT2D eigenvalue weighted by Gasteiger charge is 2.17. The van der Waals surface area contributed by atoms with Crippen LogP contribution in [0.2, 0.25) is 0 Å². The number of hydrogen-bond acceptors (Lipinski definition) is 6. The van der Waals surface area contributed by atoms with Crippen LogP contribution in [0.4, 0.5) is 0 Å². The van der Waals surface area contributed by atoms with E-state index in [1.165, 1.54) is 21.3 Å². The summed E-state index contributed by atoms with van der Waals surface area (Å²) in [4.78, 5) is 12.3. The zero-order valence-electron chi connectivity index (χ0n) is 16.8. The van der Waals surface area contributed by atoms with E-state index in [9.17, 15) is 4.79 Å². The fourth-order valence-electron chi connectivity index (χ4n) is 2.62. The molecule has 0 aliphatic heterocycles. The van der Waals surface area contributed by atoms with E-state index in [4.69, 9.17) is 31.2 Å². The number of thiocarbonyl (C=S) groups is 1. The van der Waals surface area contributed by atoms with Gasteiger partial charge in [0.05, 0.1) is 34.9 Å². The second-order valence-corrected chi connectivity index (χ2v) is 6.28. The van der Waals surface area contributed by atoms with Crippen molar-refractivity contribution < 1.29 is 23.7 Å². The number of methoxy groups -OCH3 is 4. The third-order valence-corrected chi connectivity index (χ3v) is 4.31. The smallest absolute Gasteiger partial charge is 0.242 e. The van der Waals surface area contributed by atoms with Crippen LogP contribution in [0.15, 0.2) is 36.4 Å². The van der Waals surface area contributed by atoms with Gasteiger partial charge in [-0.3, -0.25) is 15.6 Å². The number of hydrazine groups is 1. The van der Waals surface area contributed by atoms with Gasteiger partial charge in [0.1, 0.15) is 5.75 Å². The molecule has 0 unspecified atom stereocenters. The predicted molar refractivity (Wildman–Crippen MR) is 114 cm³/mol. The molecule has 2 aromatic carbocycles. The maximum atomic E-state index is 12.3. The number of ether oxygens (including phenoxy) is 4. The quantitative estimate of drug-likeness (QED) is 0.442. The van der Waals surface area contributed by atoms with E-state index >= 15 is 0 Å². The third-order valence-electron chi connectivity index (χ3n) is 4.06. The van der Waals surface area contributed by atoms with E-state index in [1.807, 2.05) is 24.3 Å². The van der Waals surface area contributed by atoms with Crippen molar-refractivity contribution in [3.05, 3.63) is 47.5 Å². The minimum atomic E-state index is -0.288. The molecular formula is C20H25N3O5S. The monoisotopic (exact) mass is 419 g/mol. The minimum absolute atomic E-state index is 0.0671. The van der Waals surface area contributed by atoms with Gasteiger partial charge in [0.25, 0.3) is 0 Å². The lowest BCUT2D eigenvalue weighted by atomic mass is 10.1. The summed E-state index contributed by atoms with van der Waals surface area (Å²) in [6.07, 6.45) is 0.0671. The lowest BCUT2D eigenvalue weighted by Gasteiger charge is -2.16.